The van der Waals surface area contributed by atoms with Crippen molar-refractivity contribution in [1.82, 2.24) is 5.32 Å². The van der Waals surface area contributed by atoms with Crippen LogP contribution in [0.1, 0.15) is 43.2 Å². The zero-order chi connectivity index (χ0) is 24.1. The number of nitrogens with one attached hydrogen (secondary N) is 1. The molecule has 0 radical (unpaired) electrons. The Morgan fingerprint density at radius 1 is 1.06 bits per heavy atom. The van der Waals surface area contributed by atoms with Gasteiger partial charge in [0.2, 0.25) is 0 Å². The standard InChI is InChI=1S/C29H37N4O/c30-20-8-7-19-28(32-21-9-16-25-12-3-1-4-13-25)29(34)33(23-11-18-27(33)24-31)22-10-17-26-14-5-2-6-15-26/h1-6,9-10,12-17,27-28,32H,7-8,11,18-23,30H2/q+1/t27-,28-,33?/m0/s1. The molecule has 3 atom stereocenters. The van der Waals surface area contributed by atoms with Gasteiger partial charge in [-0.2, -0.15) is 5.26 Å². The number of carbonyl (C=O) groups excluding carboxylic acids is 1. The summed E-state index contributed by atoms with van der Waals surface area (Å²) in [7, 11) is 0. The fourth-order valence-corrected chi connectivity index (χ4v) is 4.74. The first kappa shape index (κ1) is 25.6. The number of quaternary nitrogens is 1. The van der Waals surface area contributed by atoms with Crippen LogP contribution in [0.3, 0.4) is 0 Å². The highest BCUT2D eigenvalue weighted by Gasteiger charge is 2.49. The van der Waals surface area contributed by atoms with Crippen molar-refractivity contribution in [2.75, 3.05) is 26.2 Å². The molecule has 1 heterocycles. The fraction of sp³-hybridized carbons (Fsp3) is 0.379. The van der Waals surface area contributed by atoms with Gasteiger partial charge in [-0.15, -0.1) is 0 Å². The second kappa shape index (κ2) is 13.6. The lowest BCUT2D eigenvalue weighted by atomic mass is 10.0. The molecule has 1 amide bonds. The number of carbonyl (C=O) groups is 1. The number of nitriles is 1. The van der Waals surface area contributed by atoms with Crippen LogP contribution in [0.5, 0.6) is 0 Å². The second-order valence-corrected chi connectivity index (χ2v) is 8.94. The van der Waals surface area contributed by atoms with Crippen LogP contribution in [0.2, 0.25) is 0 Å². The van der Waals surface area contributed by atoms with Crippen LogP contribution in [0, 0.1) is 11.3 Å². The van der Waals surface area contributed by atoms with Crippen molar-refractivity contribution >= 4 is 18.1 Å². The minimum Gasteiger partial charge on any atom is -0.330 e. The first-order valence-electron chi connectivity index (χ1n) is 12.4. The number of hydrogen-bond donors (Lipinski definition) is 2. The van der Waals surface area contributed by atoms with Crippen LogP contribution >= 0.6 is 0 Å². The topological polar surface area (TPSA) is 78.9 Å². The van der Waals surface area contributed by atoms with Gasteiger partial charge in [-0.05, 0) is 43.0 Å². The molecule has 3 rings (SSSR count). The molecule has 2 aromatic carbocycles. The Morgan fingerprint density at radius 3 is 2.32 bits per heavy atom. The molecule has 1 saturated heterocycles. The highest BCUT2D eigenvalue weighted by Crippen LogP contribution is 2.29. The first-order valence-corrected chi connectivity index (χ1v) is 12.4. The van der Waals surface area contributed by atoms with Crippen molar-refractivity contribution in [3.05, 3.63) is 83.9 Å². The average Bonchev–Trinajstić information content (AvgIpc) is 3.30. The van der Waals surface area contributed by atoms with E-state index in [1.165, 1.54) is 0 Å². The van der Waals surface area contributed by atoms with E-state index >= 15 is 0 Å². The van der Waals surface area contributed by atoms with Gasteiger partial charge in [-0.1, -0.05) is 78.9 Å². The quantitative estimate of drug-likeness (QED) is 0.363. The lowest BCUT2D eigenvalue weighted by Crippen LogP contribution is -2.61. The maximum atomic E-state index is 14.0. The van der Waals surface area contributed by atoms with E-state index in [9.17, 15) is 10.1 Å². The molecule has 1 unspecified atom stereocenters. The molecule has 5 nitrogen and oxygen atoms in total. The van der Waals surface area contributed by atoms with Gasteiger partial charge < -0.3 is 5.73 Å². The van der Waals surface area contributed by atoms with Gasteiger partial charge in [0.25, 0.3) is 0 Å². The van der Waals surface area contributed by atoms with E-state index in [2.05, 4.69) is 47.8 Å². The third-order valence-corrected chi connectivity index (χ3v) is 6.60. The summed E-state index contributed by atoms with van der Waals surface area (Å²) < 4.78 is 0.211. The van der Waals surface area contributed by atoms with Crippen LogP contribution in [0.4, 0.5) is 0 Å². The van der Waals surface area contributed by atoms with Crippen molar-refractivity contribution in [2.24, 2.45) is 5.73 Å². The van der Waals surface area contributed by atoms with E-state index < -0.39 is 0 Å². The molecule has 1 aliphatic heterocycles. The summed E-state index contributed by atoms with van der Waals surface area (Å²) in [6.45, 7) is 2.48. The smallest absolute Gasteiger partial charge is 0.330 e. The first-order chi connectivity index (χ1) is 16.7. The summed E-state index contributed by atoms with van der Waals surface area (Å²) in [5.41, 5.74) is 7.95. The van der Waals surface area contributed by atoms with E-state index in [4.69, 9.17) is 5.73 Å². The maximum Gasteiger partial charge on any atom is 0.332 e. The van der Waals surface area contributed by atoms with Crippen molar-refractivity contribution in [3.63, 3.8) is 0 Å². The fourth-order valence-electron chi connectivity index (χ4n) is 4.74. The van der Waals surface area contributed by atoms with Gasteiger partial charge in [0.05, 0.1) is 6.54 Å². The van der Waals surface area contributed by atoms with E-state index in [0.717, 1.165) is 43.2 Å². The Bertz CT molecular complexity index is 980. The van der Waals surface area contributed by atoms with Gasteiger partial charge in [-0.3, -0.25) is 5.32 Å². The minimum absolute atomic E-state index is 0.131. The molecule has 1 aliphatic rings. The highest BCUT2D eigenvalue weighted by molar-refractivity contribution is 5.76. The molecule has 0 spiro atoms. The Hall–Kier alpha value is -3.04. The summed E-state index contributed by atoms with van der Waals surface area (Å²) in [5.74, 6) is 0.131. The largest absolute Gasteiger partial charge is 0.332 e. The third kappa shape index (κ3) is 6.98. The van der Waals surface area contributed by atoms with E-state index in [-0.39, 0.29) is 22.5 Å². The van der Waals surface area contributed by atoms with Gasteiger partial charge in [0.15, 0.2) is 6.04 Å². The van der Waals surface area contributed by atoms with Gasteiger partial charge in [-0.25, -0.2) is 9.28 Å². The number of benzene rings is 2. The summed E-state index contributed by atoms with van der Waals surface area (Å²) >= 11 is 0. The summed E-state index contributed by atoms with van der Waals surface area (Å²) in [5, 5.41) is 13.4. The number of unbranched alkanes of at least 4 members (excludes halogenated alkanes) is 1. The van der Waals surface area contributed by atoms with Crippen LogP contribution in [0.25, 0.3) is 12.2 Å². The Balaban J connectivity index is 1.75. The highest BCUT2D eigenvalue weighted by atomic mass is 16.2. The molecule has 0 bridgehead atoms. The van der Waals surface area contributed by atoms with Crippen LogP contribution in [-0.4, -0.2) is 48.7 Å². The number of hydrogen-bond acceptors (Lipinski definition) is 4. The molecule has 0 aliphatic carbocycles. The monoisotopic (exact) mass is 457 g/mol. The molecule has 5 heteroatoms. The van der Waals surface area contributed by atoms with Crippen molar-refractivity contribution in [3.8, 4) is 6.07 Å². The van der Waals surface area contributed by atoms with Crippen LogP contribution < -0.4 is 11.1 Å². The third-order valence-electron chi connectivity index (χ3n) is 6.60. The van der Waals surface area contributed by atoms with Gasteiger partial charge >= 0.3 is 5.91 Å². The zero-order valence-electron chi connectivity index (χ0n) is 20.0. The number of nitrogens with two attached hydrogens (primary N) is 1. The molecule has 3 N–H and O–H groups in total. The number of rotatable bonds is 12. The predicted octanol–water partition coefficient (Wildman–Crippen LogP) is 4.53. The summed E-state index contributed by atoms with van der Waals surface area (Å²) in [6.07, 6.45) is 12.4. The zero-order valence-corrected chi connectivity index (χ0v) is 20.0. The van der Waals surface area contributed by atoms with Crippen LogP contribution in [-0.2, 0) is 4.79 Å². The molecule has 178 valence electrons. The normalized spacial score (nSPS) is 21.1. The molecular weight excluding hydrogens is 420 g/mol. The van der Waals surface area contributed by atoms with E-state index in [1.807, 2.05) is 48.5 Å². The average molecular weight is 458 g/mol. The summed E-state index contributed by atoms with van der Waals surface area (Å²) in [6, 6.07) is 22.1. The predicted molar refractivity (Wildman–Crippen MR) is 139 cm³/mol. The number of amides is 1. The lowest BCUT2D eigenvalue weighted by molar-refractivity contribution is -0.853. The van der Waals surface area contributed by atoms with E-state index in [1.54, 1.807) is 0 Å². The Morgan fingerprint density at radius 2 is 1.71 bits per heavy atom. The number of likely N-dealkylation sites (tertiary alicyclic amines) is 1. The summed E-state index contributed by atoms with van der Waals surface area (Å²) in [4.78, 5) is 14.0. The second-order valence-electron chi connectivity index (χ2n) is 8.94. The van der Waals surface area contributed by atoms with Crippen molar-refractivity contribution < 1.29 is 9.28 Å². The molecule has 0 aromatic heterocycles. The van der Waals surface area contributed by atoms with E-state index in [0.29, 0.717) is 26.2 Å². The SMILES string of the molecule is N#C[C@@H]1CCC[N+]1(CC=Cc1ccccc1)C(=O)[C@H](CCCCN)NCC=Cc1ccccc1. The maximum absolute atomic E-state index is 14.0. The van der Waals surface area contributed by atoms with Crippen molar-refractivity contribution in [2.45, 2.75) is 44.2 Å². The van der Waals surface area contributed by atoms with Gasteiger partial charge in [0.1, 0.15) is 18.7 Å². The Labute approximate surface area is 204 Å². The van der Waals surface area contributed by atoms with Crippen molar-refractivity contribution in [1.29, 1.82) is 5.26 Å². The number of nitrogens with zero attached hydrogens (tertiary/aromatic N) is 2. The van der Waals surface area contributed by atoms with Gasteiger partial charge in [0, 0.05) is 19.4 Å². The van der Waals surface area contributed by atoms with Crippen LogP contribution in [0.15, 0.2) is 72.8 Å². The molecular formula is C29H37N4O+. The molecule has 2 aromatic rings. The lowest BCUT2D eigenvalue weighted by Gasteiger charge is -2.36. The molecule has 1 fully saturated rings. The molecule has 34 heavy (non-hydrogen) atoms. The minimum atomic E-state index is -0.300. The molecule has 0 saturated carbocycles. The Kier molecular flexibility index (Phi) is 10.2.